The van der Waals surface area contributed by atoms with Crippen LogP contribution in [0.15, 0.2) is 61.1 Å². The van der Waals surface area contributed by atoms with E-state index in [1.54, 1.807) is 20.4 Å². The van der Waals surface area contributed by atoms with Gasteiger partial charge in [0.2, 0.25) is 17.7 Å². The smallest absolute Gasteiger partial charge is 0.220 e. The van der Waals surface area contributed by atoms with Crippen molar-refractivity contribution in [3.05, 3.63) is 82.4 Å². The number of hydrogen-bond acceptors (Lipinski definition) is 9. The fourth-order valence-electron chi connectivity index (χ4n) is 7.63. The van der Waals surface area contributed by atoms with Crippen LogP contribution in [0.3, 0.4) is 0 Å². The highest BCUT2D eigenvalue weighted by Crippen LogP contribution is 2.43. The molecular formula is C38H38Cl2N8O4. The summed E-state index contributed by atoms with van der Waals surface area (Å²) < 4.78 is 13.4. The number of likely N-dealkylation sites (tertiary alicyclic amines) is 1. The summed E-state index contributed by atoms with van der Waals surface area (Å²) in [6.07, 6.45) is 7.67. The molecule has 14 heteroatoms. The maximum Gasteiger partial charge on any atom is 0.220 e. The van der Waals surface area contributed by atoms with E-state index in [4.69, 9.17) is 42.6 Å². The van der Waals surface area contributed by atoms with Crippen molar-refractivity contribution >= 4 is 40.7 Å². The lowest BCUT2D eigenvalue weighted by atomic mass is 9.79. The van der Waals surface area contributed by atoms with Gasteiger partial charge in [-0.2, -0.15) is 0 Å². The number of benzene rings is 1. The Hall–Kier alpha value is -4.75. The molecule has 3 aliphatic heterocycles. The maximum absolute atomic E-state index is 11.8. The van der Waals surface area contributed by atoms with E-state index in [2.05, 4.69) is 25.8 Å². The average Bonchev–Trinajstić information content (AvgIpc) is 3.86. The van der Waals surface area contributed by atoms with Gasteiger partial charge in [0.25, 0.3) is 0 Å². The van der Waals surface area contributed by atoms with Crippen LogP contribution < -0.4 is 25.4 Å². The zero-order chi connectivity index (χ0) is 36.0. The molecular weight excluding hydrogens is 703 g/mol. The molecule has 3 N–H and O–H groups in total. The monoisotopic (exact) mass is 740 g/mol. The van der Waals surface area contributed by atoms with Crippen molar-refractivity contribution in [2.24, 2.45) is 5.41 Å². The number of amides is 2. The Morgan fingerprint density at radius 1 is 0.981 bits per heavy atom. The first kappa shape index (κ1) is 34.3. The average molecular weight is 742 g/mol. The van der Waals surface area contributed by atoms with E-state index in [9.17, 15) is 9.59 Å². The van der Waals surface area contributed by atoms with Crippen molar-refractivity contribution in [3.8, 4) is 45.3 Å². The summed E-state index contributed by atoms with van der Waals surface area (Å²) in [7, 11) is 3.22. The minimum absolute atomic E-state index is 0.0555. The molecule has 268 valence electrons. The van der Waals surface area contributed by atoms with E-state index in [0.29, 0.717) is 71.2 Å². The first-order chi connectivity index (χ1) is 25.2. The molecule has 1 atom stereocenters. The van der Waals surface area contributed by atoms with Crippen molar-refractivity contribution in [1.29, 1.82) is 0 Å². The van der Waals surface area contributed by atoms with E-state index in [0.717, 1.165) is 59.6 Å². The number of hydrogen-bond donors (Lipinski definition) is 3. The van der Waals surface area contributed by atoms with Gasteiger partial charge >= 0.3 is 0 Å². The van der Waals surface area contributed by atoms with Gasteiger partial charge in [0.15, 0.2) is 11.4 Å². The van der Waals surface area contributed by atoms with Crippen LogP contribution in [0.25, 0.3) is 39.3 Å². The highest BCUT2D eigenvalue weighted by atomic mass is 35.5. The molecule has 8 rings (SSSR count). The quantitative estimate of drug-likeness (QED) is 0.168. The minimum atomic E-state index is 0.0555. The van der Waals surface area contributed by atoms with Gasteiger partial charge in [-0.15, -0.1) is 0 Å². The summed E-state index contributed by atoms with van der Waals surface area (Å²) in [5.41, 5.74) is 6.76. The zero-order valence-corrected chi connectivity index (χ0v) is 30.4. The van der Waals surface area contributed by atoms with Crippen LogP contribution in [0, 0.1) is 5.41 Å². The number of nitrogens with zero attached hydrogens (tertiary/aromatic N) is 5. The van der Waals surface area contributed by atoms with Crippen molar-refractivity contribution < 1.29 is 19.1 Å². The van der Waals surface area contributed by atoms with Crippen molar-refractivity contribution in [1.82, 2.24) is 40.2 Å². The Bertz CT molecular complexity index is 2200. The summed E-state index contributed by atoms with van der Waals surface area (Å²) in [4.78, 5) is 40.0. The molecule has 0 saturated carbocycles. The van der Waals surface area contributed by atoms with Gasteiger partial charge in [-0.25, -0.2) is 9.97 Å². The third kappa shape index (κ3) is 6.56. The summed E-state index contributed by atoms with van der Waals surface area (Å²) in [5, 5.41) is 10.3. The van der Waals surface area contributed by atoms with Gasteiger partial charge in [-0.1, -0.05) is 47.5 Å². The number of ether oxygens (including phenoxy) is 2. The fraction of sp³-hybridized carbons (Fsp3) is 0.342. The predicted molar refractivity (Wildman–Crippen MR) is 198 cm³/mol. The molecule has 0 bridgehead atoms. The largest absolute Gasteiger partial charge is 0.493 e. The number of pyridine rings is 3. The molecule has 3 saturated heterocycles. The van der Waals surface area contributed by atoms with Gasteiger partial charge < -0.3 is 29.8 Å². The second-order valence-electron chi connectivity index (χ2n) is 13.8. The van der Waals surface area contributed by atoms with Crippen LogP contribution in [-0.2, 0) is 22.7 Å². The van der Waals surface area contributed by atoms with Crippen LogP contribution in [0.1, 0.15) is 30.5 Å². The van der Waals surface area contributed by atoms with E-state index < -0.39 is 0 Å². The third-order valence-electron chi connectivity index (χ3n) is 10.1. The number of nitrogens with one attached hydrogen (secondary N) is 3. The van der Waals surface area contributed by atoms with Crippen LogP contribution in [0.5, 0.6) is 11.6 Å². The van der Waals surface area contributed by atoms with Crippen molar-refractivity contribution in [2.45, 2.75) is 38.4 Å². The number of carbonyl (C=O) groups is 2. The molecule has 3 aliphatic rings. The third-order valence-corrected chi connectivity index (χ3v) is 10.9. The predicted octanol–water partition coefficient (Wildman–Crippen LogP) is 5.14. The van der Waals surface area contributed by atoms with Gasteiger partial charge in [0.05, 0.1) is 41.3 Å². The Morgan fingerprint density at radius 2 is 1.81 bits per heavy atom. The first-order valence-corrected chi connectivity index (χ1v) is 18.0. The van der Waals surface area contributed by atoms with Crippen LogP contribution in [0.4, 0.5) is 0 Å². The molecule has 52 heavy (non-hydrogen) atoms. The molecule has 0 radical (unpaired) electrons. The molecule has 2 amide bonds. The Balaban J connectivity index is 1.04. The van der Waals surface area contributed by atoms with Crippen molar-refractivity contribution in [2.75, 3.05) is 40.4 Å². The Labute approximate surface area is 310 Å². The standard InChI is InChI=1S/C38H38Cl2N8O4/c1-51-30-12-23(16-48-18-25(45-36(30)48)17-47-20-38(21-47)13-32(50)43-19-38)35-34(40)27(10-11-42-35)26-4-3-5-28(33(26)39)29-8-6-22(37(46-29)52-2)14-41-15-24-7-9-31(49)44-24/h3-6,8,10-12,16,18,24,41H,7,9,13-15,17,19-21H2,1-2H3,(H,43,50)(H,44,49). The normalized spacial score (nSPS) is 18.1. The maximum atomic E-state index is 11.8. The van der Waals surface area contributed by atoms with E-state index in [-0.39, 0.29) is 23.3 Å². The number of methoxy groups -OCH3 is 2. The number of imidazole rings is 1. The number of fused-ring (bicyclic) bond motifs is 1. The van der Waals surface area contributed by atoms with Crippen LogP contribution >= 0.6 is 23.2 Å². The Morgan fingerprint density at radius 3 is 2.56 bits per heavy atom. The molecule has 0 aliphatic carbocycles. The zero-order valence-electron chi connectivity index (χ0n) is 28.8. The molecule has 1 unspecified atom stereocenters. The molecule has 1 spiro atoms. The van der Waals surface area contributed by atoms with E-state index >= 15 is 0 Å². The van der Waals surface area contributed by atoms with Gasteiger partial charge in [-0.3, -0.25) is 19.5 Å². The van der Waals surface area contributed by atoms with Gasteiger partial charge in [0.1, 0.15) is 0 Å². The van der Waals surface area contributed by atoms with Gasteiger partial charge in [-0.05, 0) is 24.6 Å². The second-order valence-corrected chi connectivity index (χ2v) is 14.6. The molecule has 4 aromatic heterocycles. The highest BCUT2D eigenvalue weighted by Gasteiger charge is 2.48. The SMILES string of the molecule is COc1nc(-c2cccc(-c3ccnc(-c4cc(OC)c5nc(CN6CC7(CNC(=O)C7)C6)cn5c4)c3Cl)c2Cl)ccc1CNCC1CCC(=O)N1. The van der Waals surface area contributed by atoms with E-state index in [1.165, 1.54) is 0 Å². The molecule has 5 aromatic rings. The molecule has 7 heterocycles. The van der Waals surface area contributed by atoms with Crippen molar-refractivity contribution in [3.63, 3.8) is 0 Å². The van der Waals surface area contributed by atoms with Crippen LogP contribution in [-0.4, -0.2) is 82.5 Å². The molecule has 1 aromatic carbocycles. The number of carbonyl (C=O) groups excluding carboxylic acids is 2. The molecule has 12 nitrogen and oxygen atoms in total. The summed E-state index contributed by atoms with van der Waals surface area (Å²) in [6, 6.07) is 13.6. The molecule has 3 fully saturated rings. The lowest BCUT2D eigenvalue weighted by molar-refractivity contribution is -0.121. The fourth-order valence-corrected chi connectivity index (χ4v) is 8.27. The number of halogens is 2. The summed E-state index contributed by atoms with van der Waals surface area (Å²) in [6.45, 7) is 4.38. The summed E-state index contributed by atoms with van der Waals surface area (Å²) in [5.74, 6) is 1.33. The van der Waals surface area contributed by atoms with Crippen LogP contribution in [0.2, 0.25) is 10.0 Å². The number of rotatable bonds is 11. The van der Waals surface area contributed by atoms with E-state index in [1.807, 2.05) is 59.3 Å². The minimum Gasteiger partial charge on any atom is -0.493 e. The second kappa shape index (κ2) is 14.0. The first-order valence-electron chi connectivity index (χ1n) is 17.3. The topological polar surface area (TPSA) is 135 Å². The Kier molecular flexibility index (Phi) is 9.24. The lowest BCUT2D eigenvalue weighted by Gasteiger charge is -2.46. The summed E-state index contributed by atoms with van der Waals surface area (Å²) >= 11 is 14.3. The van der Waals surface area contributed by atoms with Gasteiger partial charge in [0, 0.05) is 110 Å². The lowest BCUT2D eigenvalue weighted by Crippen LogP contribution is -2.56. The highest BCUT2D eigenvalue weighted by molar-refractivity contribution is 6.39. The number of aromatic nitrogens is 4.